The van der Waals surface area contributed by atoms with E-state index in [1.165, 1.54) is 25.3 Å². The number of carbonyl (C=O) groups excluding carboxylic acids is 1. The van der Waals surface area contributed by atoms with Crippen LogP contribution in [0, 0.1) is 12.7 Å². The van der Waals surface area contributed by atoms with Crippen molar-refractivity contribution in [2.24, 2.45) is 0 Å². The van der Waals surface area contributed by atoms with Gasteiger partial charge in [-0.25, -0.2) is 4.39 Å². The Morgan fingerprint density at radius 1 is 1.28 bits per heavy atom. The smallest absolute Gasteiger partial charge is 0.254 e. The number of halogens is 1. The van der Waals surface area contributed by atoms with Gasteiger partial charge in [-0.15, -0.1) is 0 Å². The number of hydrogen-bond acceptors (Lipinski definition) is 3. The monoisotopic (exact) mass is 344 g/mol. The molecule has 3 rings (SSSR count). The molecule has 0 radical (unpaired) electrons. The van der Waals surface area contributed by atoms with Crippen molar-refractivity contribution in [3.63, 3.8) is 0 Å². The Hall–Kier alpha value is -2.63. The maximum absolute atomic E-state index is 13.1. The highest BCUT2D eigenvalue weighted by atomic mass is 19.1. The number of carbonyl (C=O) groups is 1. The van der Waals surface area contributed by atoms with Crippen molar-refractivity contribution >= 4 is 5.91 Å². The molecule has 25 heavy (non-hydrogen) atoms. The van der Waals surface area contributed by atoms with Crippen LogP contribution in [-0.2, 0) is 16.8 Å². The third-order valence-corrected chi connectivity index (χ3v) is 4.75. The first-order valence-corrected chi connectivity index (χ1v) is 8.26. The summed E-state index contributed by atoms with van der Waals surface area (Å²) < 4.78 is 19.7. The minimum atomic E-state index is -0.548. The number of methoxy groups -OCH3 is 1. The van der Waals surface area contributed by atoms with Crippen molar-refractivity contribution < 1.29 is 13.9 Å². The Morgan fingerprint density at radius 3 is 2.52 bits per heavy atom. The van der Waals surface area contributed by atoms with E-state index in [1.54, 1.807) is 22.8 Å². The predicted molar refractivity (Wildman–Crippen MR) is 92.3 cm³/mol. The fraction of sp³-hybridized carbons (Fsp3) is 0.368. The molecule has 1 heterocycles. The van der Waals surface area contributed by atoms with Crippen LogP contribution in [0.2, 0.25) is 0 Å². The molecule has 1 saturated carbocycles. The summed E-state index contributed by atoms with van der Waals surface area (Å²) in [5.41, 5.74) is 0.904. The van der Waals surface area contributed by atoms with Gasteiger partial charge >= 0.3 is 0 Å². The number of amides is 1. The van der Waals surface area contributed by atoms with Crippen molar-refractivity contribution in [3.05, 3.63) is 63.8 Å². The van der Waals surface area contributed by atoms with Crippen LogP contribution in [0.3, 0.4) is 0 Å². The van der Waals surface area contributed by atoms with E-state index in [9.17, 15) is 14.0 Å². The minimum Gasteiger partial charge on any atom is -0.496 e. The molecule has 5 nitrogen and oxygen atoms in total. The van der Waals surface area contributed by atoms with E-state index < -0.39 is 5.41 Å². The Kier molecular flexibility index (Phi) is 4.61. The fourth-order valence-corrected chi connectivity index (χ4v) is 3.09. The summed E-state index contributed by atoms with van der Waals surface area (Å²) in [4.78, 5) is 24.7. The molecule has 1 aromatic heterocycles. The molecule has 1 aliphatic rings. The quantitative estimate of drug-likeness (QED) is 0.873. The third kappa shape index (κ3) is 3.43. The van der Waals surface area contributed by atoms with Crippen LogP contribution < -0.4 is 15.6 Å². The van der Waals surface area contributed by atoms with Crippen LogP contribution in [0.15, 0.2) is 41.2 Å². The Bertz CT molecular complexity index is 839. The van der Waals surface area contributed by atoms with Gasteiger partial charge in [0.05, 0.1) is 12.5 Å². The van der Waals surface area contributed by atoms with Gasteiger partial charge in [0.15, 0.2) is 0 Å². The standard InChI is InChI=1S/C19H21FN2O3/c1-13-11-16(25-2)12-17(23)22(13)10-9-21-18(24)19(7-8-19)14-3-5-15(20)6-4-14/h3-6,11-12H,7-10H2,1-2H3,(H,21,24). The molecule has 1 aromatic carbocycles. The van der Waals surface area contributed by atoms with Crippen molar-refractivity contribution in [1.82, 2.24) is 9.88 Å². The summed E-state index contributed by atoms with van der Waals surface area (Å²) in [5.74, 6) is 0.142. The molecule has 0 aliphatic heterocycles. The molecule has 0 spiro atoms. The van der Waals surface area contributed by atoms with Crippen LogP contribution in [0.4, 0.5) is 4.39 Å². The minimum absolute atomic E-state index is 0.0710. The van der Waals surface area contributed by atoms with E-state index in [1.807, 2.05) is 6.92 Å². The lowest BCUT2D eigenvalue weighted by molar-refractivity contribution is -0.123. The van der Waals surface area contributed by atoms with Crippen LogP contribution in [0.25, 0.3) is 0 Å². The zero-order valence-electron chi connectivity index (χ0n) is 14.3. The number of benzene rings is 1. The van der Waals surface area contributed by atoms with Gasteiger partial charge in [-0.2, -0.15) is 0 Å². The van der Waals surface area contributed by atoms with Crippen LogP contribution in [0.5, 0.6) is 5.75 Å². The molecule has 0 atom stereocenters. The summed E-state index contributed by atoms with van der Waals surface area (Å²) in [6.07, 6.45) is 1.51. The average Bonchev–Trinajstić information content (AvgIpc) is 3.39. The van der Waals surface area contributed by atoms with E-state index in [-0.39, 0.29) is 17.3 Å². The number of ether oxygens (including phenoxy) is 1. The number of pyridine rings is 1. The van der Waals surface area contributed by atoms with Gasteiger partial charge in [0.2, 0.25) is 5.91 Å². The number of hydrogen-bond donors (Lipinski definition) is 1. The van der Waals surface area contributed by atoms with E-state index in [2.05, 4.69) is 5.32 Å². The highest BCUT2D eigenvalue weighted by Crippen LogP contribution is 2.48. The first-order chi connectivity index (χ1) is 12.0. The molecule has 1 N–H and O–H groups in total. The molecular formula is C19H21FN2O3. The number of aryl methyl sites for hydroxylation is 1. The fourth-order valence-electron chi connectivity index (χ4n) is 3.09. The van der Waals surface area contributed by atoms with Crippen molar-refractivity contribution in [2.75, 3.05) is 13.7 Å². The molecule has 132 valence electrons. The van der Waals surface area contributed by atoms with E-state index >= 15 is 0 Å². The summed E-state index contributed by atoms with van der Waals surface area (Å²) in [5, 5.41) is 2.91. The predicted octanol–water partition coefficient (Wildman–Crippen LogP) is 2.15. The summed E-state index contributed by atoms with van der Waals surface area (Å²) in [6.45, 7) is 2.57. The van der Waals surface area contributed by atoms with Crippen molar-refractivity contribution in [1.29, 1.82) is 0 Å². The molecular weight excluding hydrogens is 323 g/mol. The molecule has 1 aliphatic carbocycles. The van der Waals surface area contributed by atoms with E-state index in [0.717, 1.165) is 24.1 Å². The van der Waals surface area contributed by atoms with Gasteiger partial charge in [0.25, 0.3) is 5.56 Å². The summed E-state index contributed by atoms with van der Waals surface area (Å²) in [7, 11) is 1.52. The molecule has 2 aromatic rings. The van der Waals surface area contributed by atoms with Gasteiger partial charge in [-0.05, 0) is 43.5 Å². The number of nitrogens with zero attached hydrogens (tertiary/aromatic N) is 1. The number of aromatic nitrogens is 1. The lowest BCUT2D eigenvalue weighted by Gasteiger charge is -2.17. The van der Waals surface area contributed by atoms with Gasteiger partial charge in [-0.1, -0.05) is 12.1 Å². The Balaban J connectivity index is 1.64. The Morgan fingerprint density at radius 2 is 1.96 bits per heavy atom. The molecule has 6 heteroatoms. The zero-order chi connectivity index (χ0) is 18.0. The lowest BCUT2D eigenvalue weighted by atomic mass is 9.95. The average molecular weight is 344 g/mol. The topological polar surface area (TPSA) is 60.3 Å². The van der Waals surface area contributed by atoms with Gasteiger partial charge in [-0.3, -0.25) is 9.59 Å². The van der Waals surface area contributed by atoms with E-state index in [4.69, 9.17) is 4.74 Å². The molecule has 0 bridgehead atoms. The van der Waals surface area contributed by atoms with Gasteiger partial charge in [0, 0.05) is 24.8 Å². The van der Waals surface area contributed by atoms with Crippen LogP contribution in [-0.4, -0.2) is 24.1 Å². The first kappa shape index (κ1) is 17.2. The van der Waals surface area contributed by atoms with Crippen LogP contribution in [0.1, 0.15) is 24.1 Å². The highest BCUT2D eigenvalue weighted by molar-refractivity contribution is 5.91. The molecule has 1 fully saturated rings. The van der Waals surface area contributed by atoms with Gasteiger partial charge in [0.1, 0.15) is 11.6 Å². The van der Waals surface area contributed by atoms with Crippen molar-refractivity contribution in [2.45, 2.75) is 31.7 Å². The molecule has 0 saturated heterocycles. The van der Waals surface area contributed by atoms with Crippen LogP contribution >= 0.6 is 0 Å². The van der Waals surface area contributed by atoms with E-state index in [0.29, 0.717) is 18.8 Å². The molecule has 1 amide bonds. The Labute approximate surface area is 145 Å². The second-order valence-electron chi connectivity index (χ2n) is 6.37. The molecule has 0 unspecified atom stereocenters. The largest absolute Gasteiger partial charge is 0.496 e. The van der Waals surface area contributed by atoms with Gasteiger partial charge < -0.3 is 14.6 Å². The third-order valence-electron chi connectivity index (χ3n) is 4.75. The second-order valence-corrected chi connectivity index (χ2v) is 6.37. The number of nitrogens with one attached hydrogen (secondary N) is 1. The number of rotatable bonds is 6. The normalized spacial score (nSPS) is 14.8. The summed E-state index contributed by atoms with van der Waals surface area (Å²) in [6, 6.07) is 9.30. The highest BCUT2D eigenvalue weighted by Gasteiger charge is 2.50. The lowest BCUT2D eigenvalue weighted by Crippen LogP contribution is -2.38. The maximum Gasteiger partial charge on any atom is 0.254 e. The van der Waals surface area contributed by atoms with Crippen molar-refractivity contribution in [3.8, 4) is 5.75 Å². The SMILES string of the molecule is COc1cc(C)n(CCNC(=O)C2(c3ccc(F)cc3)CC2)c(=O)c1. The maximum atomic E-state index is 13.1. The first-order valence-electron chi connectivity index (χ1n) is 8.26. The summed E-state index contributed by atoms with van der Waals surface area (Å²) >= 11 is 0. The second kappa shape index (κ2) is 6.70. The zero-order valence-corrected chi connectivity index (χ0v) is 14.3.